The number of nitrogens with one attached hydrogen (secondary N) is 1. The van der Waals surface area contributed by atoms with Gasteiger partial charge in [0.1, 0.15) is 17.7 Å². The molecule has 1 N–H and O–H groups in total. The van der Waals surface area contributed by atoms with Gasteiger partial charge in [0.15, 0.2) is 0 Å². The van der Waals surface area contributed by atoms with Crippen LogP contribution in [-0.2, 0) is 22.6 Å². The molecule has 0 unspecified atom stereocenters. The van der Waals surface area contributed by atoms with E-state index >= 15 is 0 Å². The SMILES string of the molecule is COC(=O)[C@H](CCSC)NC(=O)c1ccc(CN(Cc2cc(F)cc(F)c2)C2CCCCC2)cc1-c1ccccc1C. The number of thioether (sulfide) groups is 1. The summed E-state index contributed by atoms with van der Waals surface area (Å²) in [4.78, 5) is 28.3. The molecule has 1 atom stereocenters. The lowest BCUT2D eigenvalue weighted by Crippen LogP contribution is -2.42. The smallest absolute Gasteiger partial charge is 0.328 e. The molecule has 8 heteroatoms. The summed E-state index contributed by atoms with van der Waals surface area (Å²) in [5.41, 5.74) is 4.81. The number of carbonyl (C=O) groups excluding carboxylic acids is 2. The zero-order chi connectivity index (χ0) is 30.1. The van der Waals surface area contributed by atoms with Crippen molar-refractivity contribution >= 4 is 23.6 Å². The first-order valence-electron chi connectivity index (χ1n) is 14.5. The summed E-state index contributed by atoms with van der Waals surface area (Å²) in [6, 6.07) is 17.0. The Morgan fingerprint density at radius 3 is 2.31 bits per heavy atom. The zero-order valence-electron chi connectivity index (χ0n) is 24.6. The Bertz CT molecular complexity index is 1360. The Morgan fingerprint density at radius 1 is 0.952 bits per heavy atom. The topological polar surface area (TPSA) is 58.6 Å². The van der Waals surface area contributed by atoms with Gasteiger partial charge in [0.25, 0.3) is 5.91 Å². The van der Waals surface area contributed by atoms with Gasteiger partial charge >= 0.3 is 5.97 Å². The first-order valence-corrected chi connectivity index (χ1v) is 15.9. The Kier molecular flexibility index (Phi) is 11.5. The Morgan fingerprint density at radius 2 is 1.64 bits per heavy atom. The van der Waals surface area contributed by atoms with Crippen LogP contribution >= 0.6 is 11.8 Å². The lowest BCUT2D eigenvalue weighted by Gasteiger charge is -2.34. The number of hydrogen-bond donors (Lipinski definition) is 1. The maximum Gasteiger partial charge on any atom is 0.328 e. The first kappa shape index (κ1) is 31.7. The minimum absolute atomic E-state index is 0.298. The van der Waals surface area contributed by atoms with E-state index in [9.17, 15) is 18.4 Å². The van der Waals surface area contributed by atoms with Crippen molar-refractivity contribution in [2.24, 2.45) is 0 Å². The monoisotopic (exact) mass is 594 g/mol. The summed E-state index contributed by atoms with van der Waals surface area (Å²) in [5, 5.41) is 2.90. The molecule has 0 aliphatic heterocycles. The van der Waals surface area contributed by atoms with Crippen molar-refractivity contribution in [2.75, 3.05) is 19.1 Å². The zero-order valence-corrected chi connectivity index (χ0v) is 25.4. The van der Waals surface area contributed by atoms with E-state index in [0.717, 1.165) is 54.0 Å². The highest BCUT2D eigenvalue weighted by Gasteiger charge is 2.25. The largest absolute Gasteiger partial charge is 0.467 e. The van der Waals surface area contributed by atoms with Crippen LogP contribution in [0.15, 0.2) is 60.7 Å². The number of rotatable bonds is 12. The van der Waals surface area contributed by atoms with Crippen molar-refractivity contribution in [3.63, 3.8) is 0 Å². The number of halogens is 2. The fourth-order valence-electron chi connectivity index (χ4n) is 5.78. The van der Waals surface area contributed by atoms with Crippen LogP contribution in [0.1, 0.15) is 65.6 Å². The van der Waals surface area contributed by atoms with Gasteiger partial charge in [-0.25, -0.2) is 13.6 Å². The molecule has 1 aliphatic carbocycles. The molecule has 0 radical (unpaired) electrons. The van der Waals surface area contributed by atoms with Gasteiger partial charge in [0, 0.05) is 30.8 Å². The van der Waals surface area contributed by atoms with Crippen molar-refractivity contribution in [1.82, 2.24) is 10.2 Å². The minimum atomic E-state index is -0.743. The van der Waals surface area contributed by atoms with E-state index in [0.29, 0.717) is 42.4 Å². The molecule has 3 aromatic rings. The van der Waals surface area contributed by atoms with Crippen LogP contribution in [0.3, 0.4) is 0 Å². The quantitative estimate of drug-likeness (QED) is 0.223. The van der Waals surface area contributed by atoms with Crippen LogP contribution < -0.4 is 5.32 Å². The van der Waals surface area contributed by atoms with Crippen LogP contribution in [0.4, 0.5) is 8.78 Å². The van der Waals surface area contributed by atoms with Crippen LogP contribution in [-0.4, -0.2) is 48.0 Å². The fourth-order valence-corrected chi connectivity index (χ4v) is 6.25. The molecule has 1 amide bonds. The highest BCUT2D eigenvalue weighted by molar-refractivity contribution is 7.98. The van der Waals surface area contributed by atoms with Gasteiger partial charge in [0.05, 0.1) is 7.11 Å². The van der Waals surface area contributed by atoms with Crippen molar-refractivity contribution in [3.05, 3.63) is 94.6 Å². The van der Waals surface area contributed by atoms with E-state index in [-0.39, 0.29) is 5.91 Å². The molecule has 0 aromatic heterocycles. The molecule has 0 heterocycles. The molecule has 5 nitrogen and oxygen atoms in total. The second-order valence-electron chi connectivity index (χ2n) is 11.0. The molecule has 0 spiro atoms. The molecule has 4 rings (SSSR count). The Hall–Kier alpha value is -3.23. The van der Waals surface area contributed by atoms with E-state index in [4.69, 9.17) is 4.74 Å². The summed E-state index contributed by atoms with van der Waals surface area (Å²) in [7, 11) is 1.32. The maximum absolute atomic E-state index is 14.1. The van der Waals surface area contributed by atoms with E-state index < -0.39 is 23.6 Å². The Balaban J connectivity index is 1.68. The standard InChI is InChI=1S/C34H40F2N2O3S/c1-23-9-7-8-12-29(23)31-19-24(13-14-30(31)33(39)37-32(15-16-42-3)34(40)41-2)21-38(28-10-5-4-6-11-28)22-25-17-26(35)20-27(36)18-25/h7-9,12-14,17-20,28,32H,4-6,10-11,15-16,21-22H2,1-3H3,(H,37,39)/t32-/m0/s1. The van der Waals surface area contributed by atoms with E-state index in [2.05, 4.69) is 10.2 Å². The van der Waals surface area contributed by atoms with Crippen molar-refractivity contribution < 1.29 is 23.1 Å². The van der Waals surface area contributed by atoms with Crippen LogP contribution in [0.25, 0.3) is 11.1 Å². The van der Waals surface area contributed by atoms with E-state index in [1.165, 1.54) is 25.7 Å². The Labute approximate surface area is 252 Å². The fraction of sp³-hybridized carbons (Fsp3) is 0.412. The second-order valence-corrected chi connectivity index (χ2v) is 12.0. The lowest BCUT2D eigenvalue weighted by atomic mass is 9.91. The highest BCUT2D eigenvalue weighted by Crippen LogP contribution is 2.31. The molecule has 1 fully saturated rings. The van der Waals surface area contributed by atoms with Crippen LogP contribution in [0.2, 0.25) is 0 Å². The van der Waals surface area contributed by atoms with Crippen LogP contribution in [0, 0.1) is 18.6 Å². The number of nitrogens with zero attached hydrogens (tertiary/aromatic N) is 1. The van der Waals surface area contributed by atoms with Gasteiger partial charge in [-0.15, -0.1) is 0 Å². The number of ether oxygens (including phenoxy) is 1. The van der Waals surface area contributed by atoms with Crippen molar-refractivity contribution in [3.8, 4) is 11.1 Å². The van der Waals surface area contributed by atoms with Crippen molar-refractivity contribution in [2.45, 2.75) is 70.6 Å². The second kappa shape index (κ2) is 15.3. The third-order valence-electron chi connectivity index (χ3n) is 7.95. The summed E-state index contributed by atoms with van der Waals surface area (Å²) < 4.78 is 33.1. The summed E-state index contributed by atoms with van der Waals surface area (Å²) in [5.74, 6) is -1.25. The summed E-state index contributed by atoms with van der Waals surface area (Å²) in [6.07, 6.45) is 7.95. The van der Waals surface area contributed by atoms with E-state index in [1.54, 1.807) is 11.8 Å². The molecule has 1 aliphatic rings. The molecule has 42 heavy (non-hydrogen) atoms. The third kappa shape index (κ3) is 8.42. The van der Waals surface area contributed by atoms with Crippen LogP contribution in [0.5, 0.6) is 0 Å². The normalized spacial score (nSPS) is 14.5. The predicted octanol–water partition coefficient (Wildman–Crippen LogP) is 7.30. The number of hydrogen-bond acceptors (Lipinski definition) is 5. The van der Waals surface area contributed by atoms with Gasteiger partial charge < -0.3 is 10.1 Å². The summed E-state index contributed by atoms with van der Waals surface area (Å²) >= 11 is 1.60. The summed E-state index contributed by atoms with van der Waals surface area (Å²) in [6.45, 7) is 3.01. The average molecular weight is 595 g/mol. The molecule has 3 aromatic carbocycles. The van der Waals surface area contributed by atoms with Gasteiger partial charge in [-0.05, 0) is 90.3 Å². The number of amides is 1. The van der Waals surface area contributed by atoms with Gasteiger partial charge in [0.2, 0.25) is 0 Å². The number of methoxy groups -OCH3 is 1. The number of esters is 1. The molecule has 0 bridgehead atoms. The molecule has 224 valence electrons. The van der Waals surface area contributed by atoms with Crippen molar-refractivity contribution in [1.29, 1.82) is 0 Å². The first-order chi connectivity index (χ1) is 20.3. The molecule has 0 saturated heterocycles. The van der Waals surface area contributed by atoms with E-state index in [1.807, 2.05) is 55.6 Å². The lowest BCUT2D eigenvalue weighted by molar-refractivity contribution is -0.142. The molecule has 1 saturated carbocycles. The van der Waals surface area contributed by atoms with Gasteiger partial charge in [-0.1, -0.05) is 49.6 Å². The number of aryl methyl sites for hydroxylation is 1. The molecular weight excluding hydrogens is 554 g/mol. The minimum Gasteiger partial charge on any atom is -0.467 e. The number of benzene rings is 3. The maximum atomic E-state index is 14.1. The number of carbonyl (C=O) groups is 2. The van der Waals surface area contributed by atoms with Gasteiger partial charge in [-0.3, -0.25) is 9.69 Å². The average Bonchev–Trinajstić information content (AvgIpc) is 2.98. The predicted molar refractivity (Wildman–Crippen MR) is 165 cm³/mol. The third-order valence-corrected chi connectivity index (χ3v) is 8.59. The molecular formula is C34H40F2N2O3S. The van der Waals surface area contributed by atoms with Gasteiger partial charge in [-0.2, -0.15) is 11.8 Å². The highest BCUT2D eigenvalue weighted by atomic mass is 32.2.